The van der Waals surface area contributed by atoms with Crippen LogP contribution in [0.3, 0.4) is 0 Å². The Morgan fingerprint density at radius 3 is 2.94 bits per heavy atom. The summed E-state index contributed by atoms with van der Waals surface area (Å²) in [4.78, 5) is 17.9. The number of aromatic nitrogens is 2. The molecular formula is C10H18N4O2. The van der Waals surface area contributed by atoms with Gasteiger partial charge in [-0.1, -0.05) is 6.92 Å². The predicted molar refractivity (Wildman–Crippen MR) is 63.0 cm³/mol. The highest BCUT2D eigenvalue weighted by Gasteiger charge is 2.09. The number of aromatic amines is 1. The molecular weight excluding hydrogens is 208 g/mol. The lowest BCUT2D eigenvalue weighted by Gasteiger charge is -2.13. The Morgan fingerprint density at radius 1 is 1.56 bits per heavy atom. The number of hydrogen-bond donors (Lipinski definition) is 3. The first-order chi connectivity index (χ1) is 7.69. The number of rotatable bonds is 6. The maximum absolute atomic E-state index is 11.4. The number of hydrogen-bond acceptors (Lipinski definition) is 5. The first-order valence-electron chi connectivity index (χ1n) is 5.19. The van der Waals surface area contributed by atoms with Crippen molar-refractivity contribution >= 4 is 5.82 Å². The molecule has 1 aromatic rings. The van der Waals surface area contributed by atoms with Crippen molar-refractivity contribution < 1.29 is 4.74 Å². The van der Waals surface area contributed by atoms with Gasteiger partial charge in [-0.05, 0) is 19.5 Å². The first kappa shape index (κ1) is 12.5. The van der Waals surface area contributed by atoms with E-state index < -0.39 is 0 Å². The summed E-state index contributed by atoms with van der Waals surface area (Å²) < 4.78 is 4.98. The molecule has 0 saturated carbocycles. The minimum atomic E-state index is -0.277. The van der Waals surface area contributed by atoms with E-state index in [9.17, 15) is 4.79 Å². The van der Waals surface area contributed by atoms with Gasteiger partial charge in [-0.3, -0.25) is 4.79 Å². The average Bonchev–Trinajstić information content (AvgIpc) is 2.27. The highest BCUT2D eigenvalue weighted by atomic mass is 16.5. The third-order valence-electron chi connectivity index (χ3n) is 2.19. The maximum Gasteiger partial charge on any atom is 0.295 e. The molecule has 0 bridgehead atoms. The average molecular weight is 226 g/mol. The number of nitrogens with zero attached hydrogens (tertiary/aromatic N) is 1. The molecule has 0 aliphatic carbocycles. The number of methoxy groups -OCH3 is 1. The zero-order chi connectivity index (χ0) is 12.0. The Bertz CT molecular complexity index is 377. The highest BCUT2D eigenvalue weighted by molar-refractivity contribution is 5.47. The van der Waals surface area contributed by atoms with Crippen LogP contribution >= 0.6 is 0 Å². The van der Waals surface area contributed by atoms with E-state index in [-0.39, 0.29) is 11.3 Å². The summed E-state index contributed by atoms with van der Waals surface area (Å²) in [5, 5.41) is 6.18. The number of anilines is 1. The van der Waals surface area contributed by atoms with Crippen molar-refractivity contribution in [1.82, 2.24) is 15.3 Å². The summed E-state index contributed by atoms with van der Waals surface area (Å²) in [5.41, 5.74) is -0.277. The third-order valence-corrected chi connectivity index (χ3v) is 2.19. The van der Waals surface area contributed by atoms with Gasteiger partial charge >= 0.3 is 0 Å². The van der Waals surface area contributed by atoms with Gasteiger partial charge in [-0.15, -0.1) is 0 Å². The second-order valence-corrected chi connectivity index (χ2v) is 3.66. The lowest BCUT2D eigenvalue weighted by atomic mass is 10.2. The molecule has 6 nitrogen and oxygen atoms in total. The molecule has 1 heterocycles. The van der Waals surface area contributed by atoms with E-state index in [4.69, 9.17) is 4.74 Å². The second-order valence-electron chi connectivity index (χ2n) is 3.66. The van der Waals surface area contributed by atoms with Gasteiger partial charge in [-0.2, -0.15) is 0 Å². The molecule has 0 amide bonds. The molecule has 0 aromatic carbocycles. The van der Waals surface area contributed by atoms with Gasteiger partial charge in [-0.25, -0.2) is 4.98 Å². The summed E-state index contributed by atoms with van der Waals surface area (Å²) in [7, 11) is 3.36. The van der Waals surface area contributed by atoms with Crippen molar-refractivity contribution in [2.75, 3.05) is 32.6 Å². The minimum absolute atomic E-state index is 0.221. The van der Waals surface area contributed by atoms with Crippen molar-refractivity contribution in [1.29, 1.82) is 0 Å². The molecule has 1 rings (SSSR count). The fourth-order valence-electron chi connectivity index (χ4n) is 1.39. The quantitative estimate of drug-likeness (QED) is 0.638. The fraction of sp³-hybridized carbons (Fsp3) is 0.600. The van der Waals surface area contributed by atoms with Crippen LogP contribution in [0, 0.1) is 5.92 Å². The van der Waals surface area contributed by atoms with Gasteiger partial charge in [0.05, 0.1) is 13.4 Å². The maximum atomic E-state index is 11.4. The third kappa shape index (κ3) is 3.23. The molecule has 1 aromatic heterocycles. The molecule has 16 heavy (non-hydrogen) atoms. The Balaban J connectivity index is 2.66. The van der Waals surface area contributed by atoms with E-state index in [1.54, 1.807) is 0 Å². The van der Waals surface area contributed by atoms with Crippen LogP contribution in [0.1, 0.15) is 6.92 Å². The topological polar surface area (TPSA) is 79.0 Å². The number of nitrogens with one attached hydrogen (secondary N) is 3. The summed E-state index contributed by atoms with van der Waals surface area (Å²) in [5.74, 6) is 1.14. The van der Waals surface area contributed by atoms with Crippen LogP contribution in [0.15, 0.2) is 11.1 Å². The molecule has 1 unspecified atom stereocenters. The first-order valence-corrected chi connectivity index (χ1v) is 5.19. The standard InChI is InChI=1S/C10H18N4O2/c1-7(4-11-2)5-12-9-8(16-3)10(15)14-6-13-9/h6-7,11H,4-5H2,1-3H3,(H2,12,13,14,15). The molecule has 90 valence electrons. The van der Waals surface area contributed by atoms with Crippen molar-refractivity contribution in [2.45, 2.75) is 6.92 Å². The van der Waals surface area contributed by atoms with E-state index in [1.165, 1.54) is 13.4 Å². The normalized spacial score (nSPS) is 12.2. The van der Waals surface area contributed by atoms with Crippen molar-refractivity contribution in [3.05, 3.63) is 16.7 Å². The number of ether oxygens (including phenoxy) is 1. The van der Waals surface area contributed by atoms with Crippen molar-refractivity contribution in [3.8, 4) is 5.75 Å². The van der Waals surface area contributed by atoms with Crippen LogP contribution in [0.5, 0.6) is 5.75 Å². The fourth-order valence-corrected chi connectivity index (χ4v) is 1.39. The smallest absolute Gasteiger partial charge is 0.295 e. The monoisotopic (exact) mass is 226 g/mol. The van der Waals surface area contributed by atoms with Gasteiger partial charge < -0.3 is 20.4 Å². The van der Waals surface area contributed by atoms with E-state index in [2.05, 4.69) is 27.5 Å². The van der Waals surface area contributed by atoms with Crippen LogP contribution in [0.25, 0.3) is 0 Å². The molecule has 0 spiro atoms. The molecule has 0 saturated heterocycles. The van der Waals surface area contributed by atoms with Crippen molar-refractivity contribution in [2.24, 2.45) is 5.92 Å². The van der Waals surface area contributed by atoms with E-state index in [1.807, 2.05) is 7.05 Å². The number of H-pyrrole nitrogens is 1. The van der Waals surface area contributed by atoms with Crippen molar-refractivity contribution in [3.63, 3.8) is 0 Å². The van der Waals surface area contributed by atoms with Gasteiger partial charge in [0.2, 0.25) is 5.75 Å². The lowest BCUT2D eigenvalue weighted by Crippen LogP contribution is -2.24. The Hall–Kier alpha value is -1.56. The summed E-state index contributed by atoms with van der Waals surface area (Å²) in [6.07, 6.45) is 1.36. The van der Waals surface area contributed by atoms with E-state index in [0.717, 1.165) is 13.1 Å². The second kappa shape index (κ2) is 6.12. The molecule has 1 atom stereocenters. The van der Waals surface area contributed by atoms with Crippen LogP contribution in [0.4, 0.5) is 5.82 Å². The molecule has 0 aliphatic rings. The van der Waals surface area contributed by atoms with Crippen LogP contribution in [-0.2, 0) is 0 Å². The SMILES string of the molecule is CNCC(C)CNc1nc[nH]c(=O)c1OC. The Labute approximate surface area is 94.4 Å². The molecule has 0 fully saturated rings. The molecule has 3 N–H and O–H groups in total. The van der Waals surface area contributed by atoms with Gasteiger partial charge in [0.1, 0.15) is 0 Å². The lowest BCUT2D eigenvalue weighted by molar-refractivity contribution is 0.407. The zero-order valence-electron chi connectivity index (χ0n) is 9.83. The van der Waals surface area contributed by atoms with Crippen LogP contribution in [0.2, 0.25) is 0 Å². The molecule has 0 radical (unpaired) electrons. The molecule has 6 heteroatoms. The Kier molecular flexibility index (Phi) is 4.78. The van der Waals surface area contributed by atoms with Gasteiger partial charge in [0.25, 0.3) is 5.56 Å². The van der Waals surface area contributed by atoms with Gasteiger partial charge in [0.15, 0.2) is 5.82 Å². The summed E-state index contributed by atoms with van der Waals surface area (Å²) in [6, 6.07) is 0. The van der Waals surface area contributed by atoms with Gasteiger partial charge in [0, 0.05) is 6.54 Å². The summed E-state index contributed by atoms with van der Waals surface area (Å²) in [6.45, 7) is 3.73. The predicted octanol–water partition coefficient (Wildman–Crippen LogP) is 0.0459. The Morgan fingerprint density at radius 2 is 2.31 bits per heavy atom. The highest BCUT2D eigenvalue weighted by Crippen LogP contribution is 2.14. The van der Waals surface area contributed by atoms with E-state index >= 15 is 0 Å². The minimum Gasteiger partial charge on any atom is -0.489 e. The summed E-state index contributed by atoms with van der Waals surface area (Å²) >= 11 is 0. The molecule has 0 aliphatic heterocycles. The largest absolute Gasteiger partial charge is 0.489 e. The van der Waals surface area contributed by atoms with Crippen LogP contribution < -0.4 is 20.9 Å². The van der Waals surface area contributed by atoms with E-state index in [0.29, 0.717) is 11.7 Å². The van der Waals surface area contributed by atoms with Crippen LogP contribution in [-0.4, -0.2) is 37.2 Å². The zero-order valence-corrected chi connectivity index (χ0v) is 9.83.